The van der Waals surface area contributed by atoms with E-state index in [1.807, 2.05) is 6.07 Å². The molecule has 19 heavy (non-hydrogen) atoms. The number of halogens is 2. The molecule has 7 heteroatoms. The van der Waals surface area contributed by atoms with Gasteiger partial charge in [0.2, 0.25) is 10.0 Å². The first-order valence-corrected chi connectivity index (χ1v) is 7.24. The van der Waals surface area contributed by atoms with Crippen molar-refractivity contribution in [1.82, 2.24) is 4.31 Å². The van der Waals surface area contributed by atoms with Gasteiger partial charge in [0.1, 0.15) is 16.5 Å². The zero-order chi connectivity index (χ0) is 14.0. The lowest BCUT2D eigenvalue weighted by atomic mass is 10.3. The Morgan fingerprint density at radius 1 is 1.37 bits per heavy atom. The summed E-state index contributed by atoms with van der Waals surface area (Å²) in [5, 5.41) is 8.55. The molecule has 2 rings (SSSR count). The maximum Gasteiger partial charge on any atom is 0.246 e. The van der Waals surface area contributed by atoms with Crippen LogP contribution >= 0.6 is 0 Å². The van der Waals surface area contributed by atoms with E-state index in [0.29, 0.717) is 18.9 Å². The fraction of sp³-hybridized carbons (Fsp3) is 0.417. The van der Waals surface area contributed by atoms with Gasteiger partial charge in [-0.15, -0.1) is 0 Å². The van der Waals surface area contributed by atoms with Gasteiger partial charge in [0.25, 0.3) is 0 Å². The first-order valence-electron chi connectivity index (χ1n) is 5.80. The second-order valence-corrected chi connectivity index (χ2v) is 6.19. The van der Waals surface area contributed by atoms with Crippen molar-refractivity contribution in [2.75, 3.05) is 6.54 Å². The van der Waals surface area contributed by atoms with E-state index in [0.717, 1.165) is 16.4 Å². The second kappa shape index (κ2) is 5.23. The maximum absolute atomic E-state index is 13.6. The van der Waals surface area contributed by atoms with Crippen LogP contribution in [-0.2, 0) is 10.0 Å². The standard InChI is InChI=1S/C12H12F2N2O2S/c13-9-2-5-12(11(14)8-9)19(17,18)16(7-1-6-15)10-3-4-10/h2,5,8,10H,1,3-4,7H2. The second-order valence-electron chi connectivity index (χ2n) is 4.33. The Balaban J connectivity index is 2.36. The van der Waals surface area contributed by atoms with E-state index in [2.05, 4.69) is 0 Å². The topological polar surface area (TPSA) is 61.2 Å². The molecule has 0 saturated heterocycles. The van der Waals surface area contributed by atoms with Crippen molar-refractivity contribution in [2.45, 2.75) is 30.2 Å². The highest BCUT2D eigenvalue weighted by atomic mass is 32.2. The number of benzene rings is 1. The average molecular weight is 286 g/mol. The summed E-state index contributed by atoms with van der Waals surface area (Å²) in [5.74, 6) is -1.94. The van der Waals surface area contributed by atoms with Gasteiger partial charge in [-0.2, -0.15) is 9.57 Å². The molecular formula is C12H12F2N2O2S. The third-order valence-corrected chi connectivity index (χ3v) is 4.86. The van der Waals surface area contributed by atoms with Crippen LogP contribution in [0, 0.1) is 23.0 Å². The van der Waals surface area contributed by atoms with E-state index < -0.39 is 26.6 Å². The van der Waals surface area contributed by atoms with E-state index in [1.165, 1.54) is 0 Å². The molecule has 1 aromatic rings. The monoisotopic (exact) mass is 286 g/mol. The zero-order valence-corrected chi connectivity index (χ0v) is 10.8. The van der Waals surface area contributed by atoms with E-state index in [1.54, 1.807) is 0 Å². The molecule has 1 fully saturated rings. The highest BCUT2D eigenvalue weighted by Crippen LogP contribution is 2.32. The van der Waals surface area contributed by atoms with Crippen LogP contribution in [0.4, 0.5) is 8.78 Å². The van der Waals surface area contributed by atoms with Crippen LogP contribution in [0.2, 0.25) is 0 Å². The normalized spacial score (nSPS) is 15.5. The summed E-state index contributed by atoms with van der Waals surface area (Å²) in [6.07, 6.45) is 1.44. The fourth-order valence-corrected chi connectivity index (χ4v) is 3.57. The van der Waals surface area contributed by atoms with Gasteiger partial charge in [-0.05, 0) is 25.0 Å². The predicted molar refractivity (Wildman–Crippen MR) is 63.5 cm³/mol. The van der Waals surface area contributed by atoms with Crippen molar-refractivity contribution in [3.63, 3.8) is 0 Å². The first-order chi connectivity index (χ1) is 8.96. The van der Waals surface area contributed by atoms with Gasteiger partial charge in [0.05, 0.1) is 6.07 Å². The Labute approximate surface area is 110 Å². The summed E-state index contributed by atoms with van der Waals surface area (Å²) >= 11 is 0. The maximum atomic E-state index is 13.6. The van der Waals surface area contributed by atoms with E-state index in [4.69, 9.17) is 5.26 Å². The van der Waals surface area contributed by atoms with Crippen LogP contribution in [0.1, 0.15) is 19.3 Å². The Kier molecular flexibility index (Phi) is 3.83. The van der Waals surface area contributed by atoms with Gasteiger partial charge in [-0.1, -0.05) is 0 Å². The van der Waals surface area contributed by atoms with Crippen LogP contribution in [0.3, 0.4) is 0 Å². The van der Waals surface area contributed by atoms with Crippen LogP contribution in [0.15, 0.2) is 23.1 Å². The molecule has 0 bridgehead atoms. The van der Waals surface area contributed by atoms with Crippen molar-refractivity contribution in [1.29, 1.82) is 5.26 Å². The molecule has 0 aliphatic heterocycles. The molecule has 1 saturated carbocycles. The Morgan fingerprint density at radius 2 is 2.05 bits per heavy atom. The van der Waals surface area contributed by atoms with Crippen molar-refractivity contribution in [2.24, 2.45) is 0 Å². The van der Waals surface area contributed by atoms with Crippen LogP contribution in [0.25, 0.3) is 0 Å². The summed E-state index contributed by atoms with van der Waals surface area (Å²) in [6, 6.07) is 4.06. The fourth-order valence-electron chi connectivity index (χ4n) is 1.83. The number of nitriles is 1. The van der Waals surface area contributed by atoms with E-state index in [-0.39, 0.29) is 19.0 Å². The molecule has 0 amide bonds. The van der Waals surface area contributed by atoms with Crippen LogP contribution in [-0.4, -0.2) is 25.3 Å². The molecule has 0 aromatic heterocycles. The molecular weight excluding hydrogens is 274 g/mol. The van der Waals surface area contributed by atoms with Gasteiger partial charge in [-0.3, -0.25) is 0 Å². The summed E-state index contributed by atoms with van der Waals surface area (Å²) in [5.41, 5.74) is 0. The van der Waals surface area contributed by atoms with Gasteiger partial charge in [-0.25, -0.2) is 17.2 Å². The molecule has 1 aliphatic carbocycles. The minimum Gasteiger partial charge on any atom is -0.207 e. The Bertz CT molecular complexity index is 621. The average Bonchev–Trinajstić information content (AvgIpc) is 3.13. The lowest BCUT2D eigenvalue weighted by Crippen LogP contribution is -2.34. The summed E-state index contributed by atoms with van der Waals surface area (Å²) in [7, 11) is -4.02. The third-order valence-electron chi connectivity index (χ3n) is 2.88. The lowest BCUT2D eigenvalue weighted by molar-refractivity contribution is 0.407. The third kappa shape index (κ3) is 2.91. The van der Waals surface area contributed by atoms with Crippen molar-refractivity contribution >= 4 is 10.0 Å². The SMILES string of the molecule is N#CCCN(C1CC1)S(=O)(=O)c1ccc(F)cc1F. The molecule has 0 heterocycles. The smallest absolute Gasteiger partial charge is 0.207 e. The Hall–Kier alpha value is -1.52. The summed E-state index contributed by atoms with van der Waals surface area (Å²) < 4.78 is 52.2. The van der Waals surface area contributed by atoms with Gasteiger partial charge < -0.3 is 0 Å². The van der Waals surface area contributed by atoms with E-state index >= 15 is 0 Å². The van der Waals surface area contributed by atoms with Crippen LogP contribution in [0.5, 0.6) is 0 Å². The minimum absolute atomic E-state index is 0.0281. The number of sulfonamides is 1. The van der Waals surface area contributed by atoms with Gasteiger partial charge in [0.15, 0.2) is 0 Å². The first kappa shape index (κ1) is 13.9. The number of hydrogen-bond acceptors (Lipinski definition) is 3. The predicted octanol–water partition coefficient (Wildman–Crippen LogP) is 2.03. The van der Waals surface area contributed by atoms with Crippen molar-refractivity contribution < 1.29 is 17.2 Å². The Morgan fingerprint density at radius 3 is 2.58 bits per heavy atom. The molecule has 0 N–H and O–H groups in total. The van der Waals surface area contributed by atoms with Crippen LogP contribution < -0.4 is 0 Å². The van der Waals surface area contributed by atoms with Gasteiger partial charge >= 0.3 is 0 Å². The molecule has 0 radical (unpaired) electrons. The minimum atomic E-state index is -4.02. The van der Waals surface area contributed by atoms with E-state index in [9.17, 15) is 17.2 Å². The molecule has 0 unspecified atom stereocenters. The molecule has 0 spiro atoms. The number of hydrogen-bond donors (Lipinski definition) is 0. The number of nitrogens with zero attached hydrogens (tertiary/aromatic N) is 2. The highest BCUT2D eigenvalue weighted by molar-refractivity contribution is 7.89. The zero-order valence-electron chi connectivity index (χ0n) is 10.0. The lowest BCUT2D eigenvalue weighted by Gasteiger charge is -2.20. The van der Waals surface area contributed by atoms with Crippen molar-refractivity contribution in [3.8, 4) is 6.07 Å². The largest absolute Gasteiger partial charge is 0.246 e. The highest BCUT2D eigenvalue weighted by Gasteiger charge is 2.38. The number of rotatable bonds is 5. The van der Waals surface area contributed by atoms with Crippen molar-refractivity contribution in [3.05, 3.63) is 29.8 Å². The summed E-state index contributed by atoms with van der Waals surface area (Å²) in [4.78, 5) is -0.543. The van der Waals surface area contributed by atoms with Gasteiger partial charge in [0, 0.05) is 25.1 Å². The quantitative estimate of drug-likeness (QED) is 0.832. The molecule has 4 nitrogen and oxygen atoms in total. The molecule has 1 aliphatic rings. The molecule has 1 aromatic carbocycles. The molecule has 102 valence electrons. The summed E-state index contributed by atoms with van der Waals surface area (Å²) in [6.45, 7) is 0.0281. The molecule has 0 atom stereocenters.